The third-order valence-electron chi connectivity index (χ3n) is 3.10. The molecule has 0 fully saturated rings. The Hall–Kier alpha value is -0.570. The zero-order valence-corrected chi connectivity index (χ0v) is 18.2. The predicted octanol–water partition coefficient (Wildman–Crippen LogP) is 3.29. The van der Waals surface area contributed by atoms with Crippen LogP contribution in [0.4, 0.5) is 0 Å². The highest BCUT2D eigenvalue weighted by atomic mass is 31.3. The van der Waals surface area contributed by atoms with Gasteiger partial charge in [0.15, 0.2) is 0 Å². The summed E-state index contributed by atoms with van der Waals surface area (Å²) in [6.07, 6.45) is 13.2. The second kappa shape index (κ2) is 17.5. The van der Waals surface area contributed by atoms with Crippen molar-refractivity contribution in [3.05, 3.63) is 18.7 Å². The van der Waals surface area contributed by atoms with E-state index < -0.39 is 15.6 Å². The fourth-order valence-corrected chi connectivity index (χ4v) is 2.94. The first-order valence-corrected chi connectivity index (χ1v) is 12.1. The number of aromatic amines is 1. The van der Waals surface area contributed by atoms with Crippen LogP contribution in [0.2, 0.25) is 0 Å². The number of nitrogens with zero attached hydrogens (tertiary/aromatic N) is 2. The van der Waals surface area contributed by atoms with E-state index in [0.717, 1.165) is 0 Å². The molecule has 0 aromatic carbocycles. The minimum atomic E-state index is -5.05. The topological polar surface area (TPSA) is 156 Å². The first-order chi connectivity index (χ1) is 12.6. The van der Waals surface area contributed by atoms with Gasteiger partial charge in [0.05, 0.1) is 6.33 Å². The van der Waals surface area contributed by atoms with E-state index in [9.17, 15) is 9.13 Å². The Morgan fingerprint density at radius 1 is 0.889 bits per heavy atom. The third-order valence-corrected chi connectivity index (χ3v) is 4.80. The number of phosphoric acid groups is 2. The molecule has 1 aromatic rings. The summed E-state index contributed by atoms with van der Waals surface area (Å²) in [5.74, 6) is 0. The van der Waals surface area contributed by atoms with Crippen LogP contribution in [0.15, 0.2) is 18.7 Å². The molecule has 0 aliphatic carbocycles. The zero-order chi connectivity index (χ0) is 21.2. The Morgan fingerprint density at radius 2 is 1.30 bits per heavy atom. The lowest BCUT2D eigenvalue weighted by atomic mass is 10.2. The molecule has 0 amide bonds. The highest BCUT2D eigenvalue weighted by Gasteiger charge is 2.27. The summed E-state index contributed by atoms with van der Waals surface area (Å²) in [6.45, 7) is 10.8. The molecule has 1 heterocycles. The molecule has 0 spiro atoms. The normalized spacial score (nSPS) is 11.4. The van der Waals surface area contributed by atoms with Crippen molar-refractivity contribution < 1.29 is 33.0 Å². The molecule has 0 aliphatic rings. The molecule has 162 valence electrons. The molecule has 0 saturated carbocycles. The molecule has 10 nitrogen and oxygen atoms in total. The lowest BCUT2D eigenvalue weighted by Gasteiger charge is -2.21. The average molecular weight is 431 g/mol. The Bertz CT molecular complexity index is 449. The number of nitrogens with one attached hydrogen (secondary N) is 1. The van der Waals surface area contributed by atoms with E-state index in [1.807, 2.05) is 0 Å². The summed E-state index contributed by atoms with van der Waals surface area (Å²) in [5, 5.41) is 0. The highest BCUT2D eigenvalue weighted by Crippen LogP contribution is 2.53. The molecule has 12 heteroatoms. The van der Waals surface area contributed by atoms with Crippen molar-refractivity contribution in [3.8, 4) is 0 Å². The molecule has 5 N–H and O–H groups in total. The molecule has 0 radical (unpaired) electrons. The molecule has 0 bridgehead atoms. The van der Waals surface area contributed by atoms with E-state index in [-0.39, 0.29) is 0 Å². The Kier molecular flexibility index (Phi) is 18.6. The number of imidazole rings is 1. The molecule has 0 saturated heterocycles. The minimum Gasteiger partial charge on any atom is -0.351 e. The summed E-state index contributed by atoms with van der Waals surface area (Å²) in [5.41, 5.74) is 0. The Labute approximate surface area is 161 Å². The number of H-pyrrole nitrogens is 1. The van der Waals surface area contributed by atoms with Crippen LogP contribution >= 0.6 is 15.6 Å². The van der Waals surface area contributed by atoms with Crippen molar-refractivity contribution in [2.45, 2.75) is 59.3 Å². The van der Waals surface area contributed by atoms with Crippen LogP contribution in [0.5, 0.6) is 0 Å². The fourth-order valence-electron chi connectivity index (χ4n) is 1.83. The van der Waals surface area contributed by atoms with Crippen molar-refractivity contribution in [2.75, 3.05) is 19.6 Å². The fraction of sp³-hybridized carbons (Fsp3) is 0.800. The van der Waals surface area contributed by atoms with Crippen molar-refractivity contribution in [1.29, 1.82) is 0 Å². The molecular formula is C15H35N3O7P2. The maximum absolute atomic E-state index is 9.63. The monoisotopic (exact) mass is 431 g/mol. The summed E-state index contributed by atoms with van der Waals surface area (Å²) in [6, 6.07) is 0. The van der Waals surface area contributed by atoms with Crippen LogP contribution in [0.1, 0.15) is 59.3 Å². The lowest BCUT2D eigenvalue weighted by molar-refractivity contribution is 0.225. The van der Waals surface area contributed by atoms with Crippen LogP contribution in [-0.2, 0) is 13.4 Å². The predicted molar refractivity (Wildman–Crippen MR) is 105 cm³/mol. The van der Waals surface area contributed by atoms with Crippen molar-refractivity contribution in [2.24, 2.45) is 0 Å². The molecule has 0 aliphatic heterocycles. The molecule has 27 heavy (non-hydrogen) atoms. The van der Waals surface area contributed by atoms with Gasteiger partial charge < -0.3 is 29.5 Å². The molecular weight excluding hydrogens is 396 g/mol. The minimum absolute atomic E-state index is 1.32. The molecule has 1 rings (SSSR count). The van der Waals surface area contributed by atoms with Gasteiger partial charge in [-0.25, -0.2) is 14.1 Å². The van der Waals surface area contributed by atoms with Crippen LogP contribution in [0, 0.1) is 0 Å². The maximum atomic E-state index is 9.63. The van der Waals surface area contributed by atoms with Gasteiger partial charge in [0, 0.05) is 12.4 Å². The van der Waals surface area contributed by atoms with Gasteiger partial charge in [0.2, 0.25) is 0 Å². The van der Waals surface area contributed by atoms with Gasteiger partial charge in [-0.05, 0) is 38.9 Å². The van der Waals surface area contributed by atoms with Gasteiger partial charge in [-0.1, -0.05) is 40.0 Å². The van der Waals surface area contributed by atoms with Crippen molar-refractivity contribution >= 4 is 15.6 Å². The van der Waals surface area contributed by atoms with Gasteiger partial charge in [0.1, 0.15) is 0 Å². The average Bonchev–Trinajstić information content (AvgIpc) is 3.11. The summed E-state index contributed by atoms with van der Waals surface area (Å²) < 4.78 is 22.2. The highest BCUT2D eigenvalue weighted by molar-refractivity contribution is 7.60. The Morgan fingerprint density at radius 3 is 1.44 bits per heavy atom. The van der Waals surface area contributed by atoms with Gasteiger partial charge in [-0.3, -0.25) is 0 Å². The van der Waals surface area contributed by atoms with Gasteiger partial charge >= 0.3 is 15.6 Å². The second-order valence-corrected chi connectivity index (χ2v) is 8.34. The van der Waals surface area contributed by atoms with Crippen molar-refractivity contribution in [1.82, 2.24) is 14.9 Å². The van der Waals surface area contributed by atoms with Crippen LogP contribution in [0.3, 0.4) is 0 Å². The second-order valence-electron chi connectivity index (χ2n) is 5.73. The third kappa shape index (κ3) is 27.7. The molecule has 1 aromatic heterocycles. The first kappa shape index (κ1) is 28.6. The summed E-state index contributed by atoms with van der Waals surface area (Å²) in [4.78, 5) is 40.1. The first-order valence-electron chi connectivity index (χ1n) is 9.03. The van der Waals surface area contributed by atoms with E-state index in [0.29, 0.717) is 0 Å². The standard InChI is InChI=1S/C12H27N.C3H4N2.H4O7P2/c1-4-7-10-13(11-8-5-2)12-9-6-3;1-2-5-3-4-1;1-8(2,3)7-9(4,5)6/h4-12H2,1-3H3;1-3H,(H,4,5);(H2,1,2,3)(H2,4,5,6). The van der Waals surface area contributed by atoms with Gasteiger partial charge in [-0.2, -0.15) is 4.31 Å². The molecule has 0 atom stereocenters. The number of hydrogen-bond acceptors (Lipinski definition) is 5. The van der Waals surface area contributed by atoms with E-state index in [1.54, 1.807) is 18.7 Å². The van der Waals surface area contributed by atoms with Gasteiger partial charge in [-0.15, -0.1) is 0 Å². The van der Waals surface area contributed by atoms with E-state index in [4.69, 9.17) is 19.6 Å². The number of aromatic nitrogens is 2. The number of rotatable bonds is 11. The number of unbranched alkanes of at least 4 members (excludes halogenated alkanes) is 3. The van der Waals surface area contributed by atoms with Gasteiger partial charge in [0.25, 0.3) is 0 Å². The van der Waals surface area contributed by atoms with Crippen LogP contribution in [0.25, 0.3) is 0 Å². The van der Waals surface area contributed by atoms with Crippen LogP contribution < -0.4 is 0 Å². The molecule has 0 unspecified atom stereocenters. The zero-order valence-electron chi connectivity index (χ0n) is 16.4. The van der Waals surface area contributed by atoms with E-state index in [2.05, 4.69) is 39.9 Å². The number of hydrogen-bond donors (Lipinski definition) is 5. The maximum Gasteiger partial charge on any atom is 0.478 e. The van der Waals surface area contributed by atoms with E-state index in [1.165, 1.54) is 58.2 Å². The Balaban J connectivity index is 0. The quantitative estimate of drug-likeness (QED) is 0.332. The van der Waals surface area contributed by atoms with Crippen molar-refractivity contribution in [3.63, 3.8) is 0 Å². The largest absolute Gasteiger partial charge is 0.478 e. The summed E-state index contributed by atoms with van der Waals surface area (Å²) in [7, 11) is -10.1. The van der Waals surface area contributed by atoms with E-state index >= 15 is 0 Å². The smallest absolute Gasteiger partial charge is 0.351 e. The lowest BCUT2D eigenvalue weighted by Crippen LogP contribution is -2.27. The van der Waals surface area contributed by atoms with Crippen LogP contribution in [-0.4, -0.2) is 54.1 Å². The SMILES string of the molecule is CCCCN(CCCC)CCCC.O=P(O)(O)OP(=O)(O)O.c1c[nH]cn1. The summed E-state index contributed by atoms with van der Waals surface area (Å²) >= 11 is 0.